The second-order valence-electron chi connectivity index (χ2n) is 8.89. The molecule has 3 heterocycles. The van der Waals surface area contributed by atoms with Crippen LogP contribution in [-0.2, 0) is 17.6 Å². The topological polar surface area (TPSA) is 102 Å². The SMILES string of the molecule is CC(C)c1ccc(OCC(=O)Nc2cc(-c3cccs3)nn2-c2nc3c(c(=O)[nH]2)CCCC3)cc1. The molecule has 8 nitrogen and oxygen atoms in total. The van der Waals surface area contributed by atoms with Gasteiger partial charge in [-0.25, -0.2) is 4.98 Å². The fraction of sp³-hybridized carbons (Fsp3) is 0.308. The third-order valence-corrected chi connectivity index (χ3v) is 6.94. The normalized spacial score (nSPS) is 13.0. The Morgan fingerprint density at radius 1 is 1.20 bits per heavy atom. The zero-order chi connectivity index (χ0) is 24.4. The molecule has 0 atom stereocenters. The number of amides is 1. The number of fused-ring (bicyclic) bond motifs is 1. The molecule has 0 fully saturated rings. The van der Waals surface area contributed by atoms with Crippen molar-refractivity contribution in [1.29, 1.82) is 0 Å². The number of H-pyrrole nitrogens is 1. The number of ether oxygens (including phenoxy) is 1. The van der Waals surface area contributed by atoms with E-state index in [9.17, 15) is 9.59 Å². The Balaban J connectivity index is 1.39. The van der Waals surface area contributed by atoms with Gasteiger partial charge in [-0.1, -0.05) is 32.0 Å². The summed E-state index contributed by atoms with van der Waals surface area (Å²) in [5.74, 6) is 1.42. The molecule has 0 unspecified atom stereocenters. The van der Waals surface area contributed by atoms with Gasteiger partial charge in [0.25, 0.3) is 11.5 Å². The maximum Gasteiger partial charge on any atom is 0.263 e. The first-order valence-corrected chi connectivity index (χ1v) is 12.6. The van der Waals surface area contributed by atoms with Crippen LogP contribution in [0, 0.1) is 0 Å². The molecule has 1 aliphatic carbocycles. The van der Waals surface area contributed by atoms with Gasteiger partial charge in [0.2, 0.25) is 5.95 Å². The molecule has 4 aromatic rings. The number of benzene rings is 1. The number of aryl methyl sites for hydroxylation is 1. The summed E-state index contributed by atoms with van der Waals surface area (Å²) in [5, 5.41) is 9.48. The Morgan fingerprint density at radius 2 is 2.00 bits per heavy atom. The zero-order valence-electron chi connectivity index (χ0n) is 19.7. The number of carbonyl (C=O) groups excluding carboxylic acids is 1. The van der Waals surface area contributed by atoms with Crippen molar-refractivity contribution in [2.45, 2.75) is 45.4 Å². The Morgan fingerprint density at radius 3 is 2.74 bits per heavy atom. The number of thiophene rings is 1. The van der Waals surface area contributed by atoms with Crippen LogP contribution in [0.1, 0.15) is 49.4 Å². The number of nitrogens with zero attached hydrogens (tertiary/aromatic N) is 3. The van der Waals surface area contributed by atoms with E-state index >= 15 is 0 Å². The van der Waals surface area contributed by atoms with Crippen molar-refractivity contribution in [1.82, 2.24) is 19.7 Å². The lowest BCUT2D eigenvalue weighted by Crippen LogP contribution is -2.26. The fourth-order valence-corrected chi connectivity index (χ4v) is 4.82. The van der Waals surface area contributed by atoms with Gasteiger partial charge in [-0.05, 0) is 60.7 Å². The molecule has 0 spiro atoms. The molecule has 180 valence electrons. The van der Waals surface area contributed by atoms with E-state index in [-0.39, 0.29) is 18.1 Å². The molecule has 0 bridgehead atoms. The number of hydrogen-bond acceptors (Lipinski definition) is 6. The molecule has 5 rings (SSSR count). The molecule has 0 saturated heterocycles. The van der Waals surface area contributed by atoms with Crippen LogP contribution >= 0.6 is 11.3 Å². The van der Waals surface area contributed by atoms with E-state index in [1.54, 1.807) is 17.4 Å². The average molecular weight is 490 g/mol. The van der Waals surface area contributed by atoms with Crippen molar-refractivity contribution in [3.05, 3.63) is 75.0 Å². The summed E-state index contributed by atoms with van der Waals surface area (Å²) >= 11 is 1.54. The first kappa shape index (κ1) is 23.0. The van der Waals surface area contributed by atoms with Crippen LogP contribution in [0.15, 0.2) is 52.6 Å². The van der Waals surface area contributed by atoms with Gasteiger partial charge in [0.05, 0.1) is 10.6 Å². The van der Waals surface area contributed by atoms with Gasteiger partial charge < -0.3 is 10.1 Å². The Hall–Kier alpha value is -3.72. The second kappa shape index (κ2) is 9.87. The Kier molecular flexibility index (Phi) is 6.50. The van der Waals surface area contributed by atoms with E-state index in [1.165, 1.54) is 10.2 Å². The van der Waals surface area contributed by atoms with E-state index in [4.69, 9.17) is 4.74 Å². The van der Waals surface area contributed by atoms with Gasteiger partial charge >= 0.3 is 0 Å². The van der Waals surface area contributed by atoms with E-state index in [0.717, 1.165) is 41.8 Å². The van der Waals surface area contributed by atoms with Gasteiger partial charge in [-0.2, -0.15) is 9.78 Å². The number of nitrogens with one attached hydrogen (secondary N) is 2. The minimum absolute atomic E-state index is 0.150. The second-order valence-corrected chi connectivity index (χ2v) is 9.83. The first-order valence-electron chi connectivity index (χ1n) is 11.8. The predicted octanol–water partition coefficient (Wildman–Crippen LogP) is 4.70. The van der Waals surface area contributed by atoms with Gasteiger partial charge in [0.15, 0.2) is 6.61 Å². The van der Waals surface area contributed by atoms with Crippen LogP contribution in [0.4, 0.5) is 5.82 Å². The monoisotopic (exact) mass is 489 g/mol. The summed E-state index contributed by atoms with van der Waals surface area (Å²) in [7, 11) is 0. The van der Waals surface area contributed by atoms with Gasteiger partial charge in [0.1, 0.15) is 17.3 Å². The summed E-state index contributed by atoms with van der Waals surface area (Å²) in [5.41, 5.74) is 3.28. The molecule has 0 aliphatic heterocycles. The summed E-state index contributed by atoms with van der Waals surface area (Å²) in [6.45, 7) is 4.10. The van der Waals surface area contributed by atoms with Crippen LogP contribution in [0.2, 0.25) is 0 Å². The zero-order valence-corrected chi connectivity index (χ0v) is 20.5. The summed E-state index contributed by atoms with van der Waals surface area (Å²) in [4.78, 5) is 34.0. The highest BCUT2D eigenvalue weighted by molar-refractivity contribution is 7.13. The van der Waals surface area contributed by atoms with E-state index in [0.29, 0.717) is 29.1 Å². The number of aromatic nitrogens is 4. The van der Waals surface area contributed by atoms with Crippen LogP contribution < -0.4 is 15.6 Å². The third-order valence-electron chi connectivity index (χ3n) is 6.05. The minimum atomic E-state index is -0.336. The predicted molar refractivity (Wildman–Crippen MR) is 137 cm³/mol. The van der Waals surface area contributed by atoms with E-state index < -0.39 is 0 Å². The molecule has 9 heteroatoms. The number of anilines is 1. The first-order chi connectivity index (χ1) is 17.0. The molecular formula is C26H27N5O3S. The quantitative estimate of drug-likeness (QED) is 0.392. The lowest BCUT2D eigenvalue weighted by atomic mass is 9.97. The molecule has 2 N–H and O–H groups in total. The van der Waals surface area contributed by atoms with Crippen molar-refractivity contribution < 1.29 is 9.53 Å². The van der Waals surface area contributed by atoms with Crippen molar-refractivity contribution in [3.63, 3.8) is 0 Å². The van der Waals surface area contributed by atoms with Crippen LogP contribution in [0.5, 0.6) is 5.75 Å². The van der Waals surface area contributed by atoms with Crippen LogP contribution in [-0.4, -0.2) is 32.3 Å². The smallest absolute Gasteiger partial charge is 0.263 e. The average Bonchev–Trinajstić information content (AvgIpc) is 3.53. The van der Waals surface area contributed by atoms with E-state index in [2.05, 4.69) is 34.2 Å². The van der Waals surface area contributed by atoms with Crippen molar-refractivity contribution in [3.8, 4) is 22.3 Å². The van der Waals surface area contributed by atoms with Crippen molar-refractivity contribution in [2.24, 2.45) is 0 Å². The Labute approximate surface area is 207 Å². The van der Waals surface area contributed by atoms with Crippen LogP contribution in [0.25, 0.3) is 16.5 Å². The van der Waals surface area contributed by atoms with Crippen molar-refractivity contribution >= 4 is 23.1 Å². The summed E-state index contributed by atoms with van der Waals surface area (Å²) < 4.78 is 7.17. The largest absolute Gasteiger partial charge is 0.484 e. The van der Waals surface area contributed by atoms with Gasteiger partial charge in [-0.15, -0.1) is 11.3 Å². The van der Waals surface area contributed by atoms with E-state index in [1.807, 2.05) is 41.8 Å². The fourth-order valence-electron chi connectivity index (χ4n) is 4.14. The summed E-state index contributed by atoms with van der Waals surface area (Å²) in [6.07, 6.45) is 3.48. The molecule has 1 aliphatic rings. The lowest BCUT2D eigenvalue weighted by molar-refractivity contribution is -0.118. The standard InChI is InChI=1S/C26H27N5O3S/c1-16(2)17-9-11-18(12-10-17)34-15-24(32)28-23-14-21(22-8-5-13-35-22)30-31(23)26-27-20-7-4-3-6-19(20)25(33)29-26/h5,8-14,16H,3-4,6-7,15H2,1-2H3,(H,28,32)(H,27,29,33). The number of hydrogen-bond donors (Lipinski definition) is 2. The molecule has 35 heavy (non-hydrogen) atoms. The Bertz CT molecular complexity index is 1390. The molecular weight excluding hydrogens is 462 g/mol. The maximum atomic E-state index is 12.8. The molecule has 0 radical (unpaired) electrons. The molecule has 1 aromatic carbocycles. The third kappa shape index (κ3) is 5.05. The molecule has 1 amide bonds. The molecule has 3 aromatic heterocycles. The number of carbonyl (C=O) groups is 1. The molecule has 0 saturated carbocycles. The summed E-state index contributed by atoms with van der Waals surface area (Å²) in [6, 6.07) is 13.4. The van der Waals surface area contributed by atoms with Crippen LogP contribution in [0.3, 0.4) is 0 Å². The highest BCUT2D eigenvalue weighted by Gasteiger charge is 2.20. The van der Waals surface area contributed by atoms with Crippen molar-refractivity contribution in [2.75, 3.05) is 11.9 Å². The number of rotatable bonds is 7. The minimum Gasteiger partial charge on any atom is -0.484 e. The maximum absolute atomic E-state index is 12.8. The van der Waals surface area contributed by atoms with Gasteiger partial charge in [0, 0.05) is 11.6 Å². The highest BCUT2D eigenvalue weighted by Crippen LogP contribution is 2.28. The van der Waals surface area contributed by atoms with Gasteiger partial charge in [-0.3, -0.25) is 14.6 Å². The lowest BCUT2D eigenvalue weighted by Gasteiger charge is -2.15. The highest BCUT2D eigenvalue weighted by atomic mass is 32.1. The number of aromatic amines is 1.